The van der Waals surface area contributed by atoms with E-state index in [1.807, 2.05) is 0 Å². The summed E-state index contributed by atoms with van der Waals surface area (Å²) in [5, 5.41) is 0. The molecule has 40 valence electrons. The molecular weight excluding hydrogens is 288 g/mol. The minimum absolute atomic E-state index is 0. The van der Waals surface area contributed by atoms with Crippen molar-refractivity contribution < 1.29 is 11.5 Å². The monoisotopic (exact) mass is 286 g/mol. The molecule has 6 heteroatoms. The Labute approximate surface area is 85.4 Å². The summed E-state index contributed by atoms with van der Waals surface area (Å²) >= 11 is -2.81. The van der Waals surface area contributed by atoms with Crippen molar-refractivity contribution in [1.82, 2.24) is 0 Å². The van der Waals surface area contributed by atoms with E-state index in [2.05, 4.69) is 0 Å². The molecule has 0 bridgehead atoms. The van der Waals surface area contributed by atoms with E-state index >= 15 is 0 Å². The van der Waals surface area contributed by atoms with Crippen LogP contribution < -0.4 is 0 Å². The Hall–Kier alpha value is 3.08. The molecule has 0 atom stereocenters. The first kappa shape index (κ1) is 11.8. The quantitative estimate of drug-likeness (QED) is 0.600. The topological polar surface area (TPSA) is 0 Å². The van der Waals surface area contributed by atoms with Gasteiger partial charge in [-0.05, 0) is 0 Å². The van der Waals surface area contributed by atoms with Gasteiger partial charge in [-0.15, -0.1) is 0 Å². The molecule has 0 aromatic heterocycles. The molecule has 0 heterocycles. The molecule has 0 aliphatic rings. The van der Waals surface area contributed by atoms with Gasteiger partial charge >= 0.3 is 87.3 Å². The van der Waals surface area contributed by atoms with Crippen molar-refractivity contribution in [3.63, 3.8) is 0 Å². The Balaban J connectivity index is 0. The van der Waals surface area contributed by atoms with Crippen molar-refractivity contribution in [2.24, 2.45) is 0 Å². The number of halogens is 4. The SMILES string of the molecule is [Ca+2].[Cl][Pd-2]([Cl])([Cl])[Cl]. The maximum absolute atomic E-state index is 4.98. The minimum atomic E-state index is -2.81. The molecule has 0 fully saturated rings. The molecular formula is CaCl4Pd. The Kier molecular flexibility index (Phi) is 9.69. The molecule has 0 aromatic rings. The molecule has 0 saturated heterocycles. The Bertz CT molecular complexity index is 23.0. The summed E-state index contributed by atoms with van der Waals surface area (Å²) in [5.74, 6) is 0. The van der Waals surface area contributed by atoms with E-state index in [1.54, 1.807) is 0 Å². The van der Waals surface area contributed by atoms with Gasteiger partial charge in [0, 0.05) is 0 Å². The van der Waals surface area contributed by atoms with E-state index in [0.29, 0.717) is 0 Å². The van der Waals surface area contributed by atoms with Crippen LogP contribution in [-0.2, 0) is 11.5 Å². The Morgan fingerprint density at radius 3 is 0.833 bits per heavy atom. The fourth-order valence-corrected chi connectivity index (χ4v) is 0. The maximum atomic E-state index is 4.98. The zero-order valence-corrected chi connectivity index (χ0v) is 9.32. The van der Waals surface area contributed by atoms with Crippen molar-refractivity contribution in [2.75, 3.05) is 0 Å². The fraction of sp³-hybridized carbons (Fsp3) is 0. The third kappa shape index (κ3) is 27.6. The second kappa shape index (κ2) is 4.91. The standard InChI is InChI=1S/Ca.4ClH.Pd/h;4*1H;/q+2;;;;;+2/p-4. The van der Waals surface area contributed by atoms with Crippen molar-refractivity contribution in [2.45, 2.75) is 0 Å². The average molecular weight is 288 g/mol. The first-order valence-electron chi connectivity index (χ1n) is 0.478. The van der Waals surface area contributed by atoms with E-state index in [9.17, 15) is 0 Å². The number of rotatable bonds is 0. The van der Waals surface area contributed by atoms with Gasteiger partial charge in [0.05, 0.1) is 0 Å². The average Bonchev–Trinajstić information content (AvgIpc) is 0.722. The van der Waals surface area contributed by atoms with Crippen LogP contribution in [0.2, 0.25) is 0 Å². The number of hydrogen-bond acceptors (Lipinski definition) is 0. The molecule has 0 aliphatic heterocycles. The van der Waals surface area contributed by atoms with Crippen molar-refractivity contribution in [3.8, 4) is 0 Å². The Morgan fingerprint density at radius 2 is 0.833 bits per heavy atom. The third-order valence-corrected chi connectivity index (χ3v) is 0. The molecule has 0 aliphatic carbocycles. The van der Waals surface area contributed by atoms with Gasteiger partial charge in [-0.1, -0.05) is 0 Å². The van der Waals surface area contributed by atoms with Crippen molar-refractivity contribution >= 4 is 75.9 Å². The summed E-state index contributed by atoms with van der Waals surface area (Å²) < 4.78 is 0. The molecule has 0 N–H and O–H groups in total. The van der Waals surface area contributed by atoms with Crippen LogP contribution in [0.1, 0.15) is 0 Å². The molecule has 0 saturated carbocycles. The predicted molar refractivity (Wildman–Crippen MR) is 29.2 cm³/mol. The van der Waals surface area contributed by atoms with Crippen LogP contribution in [0.5, 0.6) is 0 Å². The predicted octanol–water partition coefficient (Wildman–Crippen LogP) is 2.37. The van der Waals surface area contributed by atoms with E-state index in [1.165, 1.54) is 0 Å². The van der Waals surface area contributed by atoms with Crippen molar-refractivity contribution in [3.05, 3.63) is 0 Å². The van der Waals surface area contributed by atoms with Crippen molar-refractivity contribution in [1.29, 1.82) is 0 Å². The van der Waals surface area contributed by atoms with Crippen LogP contribution in [-0.4, -0.2) is 37.7 Å². The van der Waals surface area contributed by atoms with Gasteiger partial charge < -0.3 is 0 Å². The summed E-state index contributed by atoms with van der Waals surface area (Å²) in [5.41, 5.74) is 0. The van der Waals surface area contributed by atoms with Gasteiger partial charge in [0.25, 0.3) is 0 Å². The molecule has 0 unspecified atom stereocenters. The molecule has 0 aromatic carbocycles. The first-order chi connectivity index (χ1) is 2.00. The molecule has 0 amide bonds. The van der Waals surface area contributed by atoms with E-state index in [4.69, 9.17) is 38.1 Å². The second-order valence-corrected chi connectivity index (χ2v) is 14.4. The van der Waals surface area contributed by atoms with Gasteiger partial charge in [-0.25, -0.2) is 0 Å². The van der Waals surface area contributed by atoms with Crippen LogP contribution in [0.15, 0.2) is 0 Å². The van der Waals surface area contributed by atoms with Gasteiger partial charge in [0.15, 0.2) is 0 Å². The van der Waals surface area contributed by atoms with Crippen LogP contribution in [0.25, 0.3) is 0 Å². The fourth-order valence-electron chi connectivity index (χ4n) is 0. The van der Waals surface area contributed by atoms with Gasteiger partial charge in [-0.3, -0.25) is 0 Å². The molecule has 0 radical (unpaired) electrons. The molecule has 0 rings (SSSR count). The third-order valence-electron chi connectivity index (χ3n) is 0. The Morgan fingerprint density at radius 1 is 0.833 bits per heavy atom. The zero-order chi connectivity index (χ0) is 4.50. The normalized spacial score (nSPS) is 12.7. The summed E-state index contributed by atoms with van der Waals surface area (Å²) in [6, 6.07) is 0. The van der Waals surface area contributed by atoms with Crippen LogP contribution in [0.4, 0.5) is 0 Å². The van der Waals surface area contributed by atoms with Gasteiger partial charge in [0.1, 0.15) is 0 Å². The summed E-state index contributed by atoms with van der Waals surface area (Å²) in [6.45, 7) is 0. The first-order valence-corrected chi connectivity index (χ1v) is 8.49. The van der Waals surface area contributed by atoms with Crippen LogP contribution in [0, 0.1) is 0 Å². The zero-order valence-electron chi connectivity index (χ0n) is 2.54. The van der Waals surface area contributed by atoms with Crippen LogP contribution >= 0.6 is 38.1 Å². The second-order valence-electron chi connectivity index (χ2n) is 0.271. The summed E-state index contributed by atoms with van der Waals surface area (Å²) in [4.78, 5) is 0. The van der Waals surface area contributed by atoms with Crippen LogP contribution in [0.3, 0.4) is 0 Å². The number of hydrogen-bond donors (Lipinski definition) is 0. The summed E-state index contributed by atoms with van der Waals surface area (Å²) in [7, 11) is 19.9. The van der Waals surface area contributed by atoms with E-state index in [0.717, 1.165) is 0 Å². The molecule has 0 spiro atoms. The van der Waals surface area contributed by atoms with E-state index in [-0.39, 0.29) is 37.7 Å². The van der Waals surface area contributed by atoms with Gasteiger partial charge in [-0.2, -0.15) is 0 Å². The molecule has 6 heavy (non-hydrogen) atoms. The summed E-state index contributed by atoms with van der Waals surface area (Å²) in [6.07, 6.45) is 0. The van der Waals surface area contributed by atoms with Gasteiger partial charge in [0.2, 0.25) is 0 Å². The van der Waals surface area contributed by atoms with E-state index < -0.39 is 11.5 Å². The molecule has 0 nitrogen and oxygen atoms in total.